The molecule has 1 rings (SSSR count). The molecule has 1 unspecified atom stereocenters. The zero-order valence-electron chi connectivity index (χ0n) is 12.3. The van der Waals surface area contributed by atoms with Crippen LogP contribution >= 0.6 is 9.24 Å². The van der Waals surface area contributed by atoms with Gasteiger partial charge in [0.2, 0.25) is 5.91 Å². The standard InChI is InChI=1S/C15H24FN2OP/c1-12(19)18(2)8-7-17-6-4-3-5-13-9-14(16)11-15(20)10-13/h9-11,17H,3-8,20H2,1-2H3. The fraction of sp³-hybridized carbons (Fsp3) is 0.533. The summed E-state index contributed by atoms with van der Waals surface area (Å²) in [7, 11) is 4.33. The maximum atomic E-state index is 13.2. The molecule has 1 aromatic rings. The van der Waals surface area contributed by atoms with Crippen LogP contribution < -0.4 is 10.6 Å². The van der Waals surface area contributed by atoms with Gasteiger partial charge in [-0.3, -0.25) is 4.79 Å². The number of rotatable bonds is 8. The molecular formula is C15H24FN2OP. The first-order valence-corrected chi connectivity index (χ1v) is 7.54. The molecule has 20 heavy (non-hydrogen) atoms. The number of amides is 1. The van der Waals surface area contributed by atoms with Gasteiger partial charge in [-0.15, -0.1) is 9.24 Å². The van der Waals surface area contributed by atoms with E-state index in [0.717, 1.165) is 49.8 Å². The molecule has 5 heteroatoms. The molecule has 0 saturated carbocycles. The van der Waals surface area contributed by atoms with Crippen LogP contribution in [0, 0.1) is 5.82 Å². The van der Waals surface area contributed by atoms with Gasteiger partial charge in [-0.25, -0.2) is 4.39 Å². The largest absolute Gasteiger partial charge is 0.345 e. The van der Waals surface area contributed by atoms with Gasteiger partial charge >= 0.3 is 0 Å². The van der Waals surface area contributed by atoms with Crippen molar-refractivity contribution in [3.8, 4) is 0 Å². The number of likely N-dealkylation sites (N-methyl/N-ethyl adjacent to an activating group) is 1. The Hall–Kier alpha value is -0.990. The van der Waals surface area contributed by atoms with Crippen LogP contribution in [0.25, 0.3) is 0 Å². The van der Waals surface area contributed by atoms with E-state index in [1.54, 1.807) is 24.9 Å². The van der Waals surface area contributed by atoms with Crippen LogP contribution in [0.4, 0.5) is 4.39 Å². The number of aryl methyl sites for hydroxylation is 1. The van der Waals surface area contributed by atoms with Crippen LogP contribution in [0.5, 0.6) is 0 Å². The molecule has 0 heterocycles. The third-order valence-corrected chi connectivity index (χ3v) is 3.54. The van der Waals surface area contributed by atoms with Crippen molar-refractivity contribution in [2.24, 2.45) is 0 Å². The maximum Gasteiger partial charge on any atom is 0.219 e. The molecule has 1 amide bonds. The Morgan fingerprint density at radius 3 is 2.70 bits per heavy atom. The van der Waals surface area contributed by atoms with Crippen molar-refractivity contribution in [2.75, 3.05) is 26.7 Å². The Bertz CT molecular complexity index is 420. The maximum absolute atomic E-state index is 13.2. The summed E-state index contributed by atoms with van der Waals surface area (Å²) in [6, 6.07) is 5.12. The first-order chi connectivity index (χ1) is 9.49. The van der Waals surface area contributed by atoms with E-state index in [1.807, 2.05) is 6.07 Å². The second-order valence-corrected chi connectivity index (χ2v) is 5.71. The van der Waals surface area contributed by atoms with E-state index in [9.17, 15) is 9.18 Å². The molecule has 0 fully saturated rings. The van der Waals surface area contributed by atoms with Crippen molar-refractivity contribution in [1.29, 1.82) is 0 Å². The van der Waals surface area contributed by atoms with Crippen LogP contribution in [0.2, 0.25) is 0 Å². The fourth-order valence-electron chi connectivity index (χ4n) is 1.93. The Kier molecular flexibility index (Phi) is 7.71. The molecule has 1 N–H and O–H groups in total. The van der Waals surface area contributed by atoms with E-state index in [1.165, 1.54) is 6.07 Å². The summed E-state index contributed by atoms with van der Waals surface area (Å²) in [6.45, 7) is 4.04. The van der Waals surface area contributed by atoms with E-state index in [4.69, 9.17) is 0 Å². The monoisotopic (exact) mass is 298 g/mol. The van der Waals surface area contributed by atoms with E-state index in [-0.39, 0.29) is 11.7 Å². The molecule has 0 saturated heterocycles. The first-order valence-electron chi connectivity index (χ1n) is 6.96. The Morgan fingerprint density at radius 2 is 2.05 bits per heavy atom. The van der Waals surface area contributed by atoms with Gasteiger partial charge in [0.15, 0.2) is 0 Å². The van der Waals surface area contributed by atoms with Gasteiger partial charge in [0, 0.05) is 27.1 Å². The fourth-order valence-corrected chi connectivity index (χ4v) is 2.30. The second kappa shape index (κ2) is 9.04. The molecule has 0 aromatic heterocycles. The minimum atomic E-state index is -0.169. The third-order valence-electron chi connectivity index (χ3n) is 3.21. The van der Waals surface area contributed by atoms with E-state index in [0.29, 0.717) is 0 Å². The predicted octanol–water partition coefficient (Wildman–Crippen LogP) is 1.72. The highest BCUT2D eigenvalue weighted by Crippen LogP contribution is 2.07. The van der Waals surface area contributed by atoms with Crippen molar-refractivity contribution in [3.63, 3.8) is 0 Å². The van der Waals surface area contributed by atoms with Crippen LogP contribution in [0.1, 0.15) is 25.3 Å². The van der Waals surface area contributed by atoms with Gasteiger partial charge in [0.25, 0.3) is 0 Å². The summed E-state index contributed by atoms with van der Waals surface area (Å²) in [6.07, 6.45) is 2.98. The zero-order chi connectivity index (χ0) is 15.0. The van der Waals surface area contributed by atoms with E-state index in [2.05, 4.69) is 14.6 Å². The minimum absolute atomic E-state index is 0.0890. The van der Waals surface area contributed by atoms with E-state index >= 15 is 0 Å². The molecular weight excluding hydrogens is 274 g/mol. The SMILES string of the molecule is CC(=O)N(C)CCNCCCCc1cc(F)cc(P)c1. The number of hydrogen-bond acceptors (Lipinski definition) is 2. The summed E-state index contributed by atoms with van der Waals surface area (Å²) in [4.78, 5) is 12.7. The summed E-state index contributed by atoms with van der Waals surface area (Å²) < 4.78 is 13.2. The van der Waals surface area contributed by atoms with Crippen molar-refractivity contribution in [3.05, 3.63) is 29.6 Å². The Labute approximate surface area is 123 Å². The Balaban J connectivity index is 2.09. The molecule has 1 atom stereocenters. The quantitative estimate of drug-likeness (QED) is 0.585. The normalized spacial score (nSPS) is 10.6. The lowest BCUT2D eigenvalue weighted by atomic mass is 10.1. The van der Waals surface area contributed by atoms with Crippen molar-refractivity contribution in [2.45, 2.75) is 26.2 Å². The van der Waals surface area contributed by atoms with Crippen molar-refractivity contribution in [1.82, 2.24) is 10.2 Å². The summed E-state index contributed by atoms with van der Waals surface area (Å²) >= 11 is 0. The lowest BCUT2D eigenvalue weighted by molar-refractivity contribution is -0.127. The number of nitrogens with zero attached hydrogens (tertiary/aromatic N) is 1. The van der Waals surface area contributed by atoms with E-state index < -0.39 is 0 Å². The number of halogens is 1. The average molecular weight is 298 g/mol. The van der Waals surface area contributed by atoms with Crippen LogP contribution in [-0.4, -0.2) is 37.5 Å². The summed E-state index contributed by atoms with van der Waals surface area (Å²) in [5, 5.41) is 4.20. The van der Waals surface area contributed by atoms with Gasteiger partial charge in [-0.2, -0.15) is 0 Å². The Morgan fingerprint density at radius 1 is 1.30 bits per heavy atom. The van der Waals surface area contributed by atoms with Gasteiger partial charge in [-0.1, -0.05) is 6.07 Å². The summed E-state index contributed by atoms with van der Waals surface area (Å²) in [5.41, 5.74) is 1.05. The molecule has 1 aromatic carbocycles. The molecule has 3 nitrogen and oxygen atoms in total. The van der Waals surface area contributed by atoms with Crippen molar-refractivity contribution < 1.29 is 9.18 Å². The first kappa shape index (κ1) is 17.1. The highest BCUT2D eigenvalue weighted by atomic mass is 31.0. The molecule has 0 spiro atoms. The molecule has 0 bridgehead atoms. The second-order valence-electron chi connectivity index (χ2n) is 5.04. The van der Waals surface area contributed by atoms with Gasteiger partial charge in [0.05, 0.1) is 0 Å². The average Bonchev–Trinajstić information content (AvgIpc) is 2.36. The topological polar surface area (TPSA) is 32.3 Å². The molecule has 0 aliphatic carbocycles. The lowest BCUT2D eigenvalue weighted by Gasteiger charge is -2.14. The molecule has 0 aliphatic rings. The van der Waals surface area contributed by atoms with Crippen LogP contribution in [0.3, 0.4) is 0 Å². The number of carbonyl (C=O) groups excluding carboxylic acids is 1. The van der Waals surface area contributed by atoms with Gasteiger partial charge in [0.1, 0.15) is 5.82 Å². The van der Waals surface area contributed by atoms with Crippen molar-refractivity contribution >= 4 is 20.5 Å². The third kappa shape index (κ3) is 6.97. The lowest BCUT2D eigenvalue weighted by Crippen LogP contribution is -2.32. The number of hydrogen-bond donors (Lipinski definition) is 1. The van der Waals surface area contributed by atoms with Crippen LogP contribution in [0.15, 0.2) is 18.2 Å². The number of nitrogens with one attached hydrogen (secondary N) is 1. The van der Waals surface area contributed by atoms with Crippen LogP contribution in [-0.2, 0) is 11.2 Å². The van der Waals surface area contributed by atoms with Gasteiger partial charge < -0.3 is 10.2 Å². The predicted molar refractivity (Wildman–Crippen MR) is 84.9 cm³/mol. The number of carbonyl (C=O) groups is 1. The minimum Gasteiger partial charge on any atom is -0.345 e. The number of benzene rings is 1. The summed E-state index contributed by atoms with van der Waals surface area (Å²) in [5.74, 6) is -0.0796. The van der Waals surface area contributed by atoms with Gasteiger partial charge in [-0.05, 0) is 48.8 Å². The highest BCUT2D eigenvalue weighted by molar-refractivity contribution is 7.27. The molecule has 112 valence electrons. The molecule has 0 radical (unpaired) electrons. The molecule has 0 aliphatic heterocycles. The smallest absolute Gasteiger partial charge is 0.219 e. The zero-order valence-corrected chi connectivity index (χ0v) is 13.4. The number of unbranched alkanes of at least 4 members (excludes halogenated alkanes) is 1. The highest BCUT2D eigenvalue weighted by Gasteiger charge is 2.01.